The maximum Gasteiger partial charge on any atom is 0.0952 e. The van der Waals surface area contributed by atoms with Crippen LogP contribution in [-0.4, -0.2) is 29.3 Å². The Hall–Kier alpha value is 0.650. The first-order valence-corrected chi connectivity index (χ1v) is 8.07. The maximum absolute atomic E-state index is 6.42. The van der Waals surface area contributed by atoms with Crippen molar-refractivity contribution in [2.75, 3.05) is 13.2 Å². The first-order valence-electron chi connectivity index (χ1n) is 6.82. The monoisotopic (exact) mass is 350 g/mol. The Morgan fingerprint density at radius 2 is 2.00 bits per heavy atom. The number of fused-ring (bicyclic) bond motifs is 2. The highest BCUT2D eigenvalue weighted by molar-refractivity contribution is 14.1. The average molecular weight is 350 g/mol. The van der Waals surface area contributed by atoms with Crippen LogP contribution >= 0.6 is 22.6 Å². The SMILES string of the molecule is CC1(C)C2CCC1(C)C(OC1COCC1I)C2. The van der Waals surface area contributed by atoms with Crippen molar-refractivity contribution in [3.8, 4) is 0 Å². The van der Waals surface area contributed by atoms with Gasteiger partial charge in [-0.2, -0.15) is 0 Å². The number of hydrogen-bond acceptors (Lipinski definition) is 2. The van der Waals surface area contributed by atoms with Crippen LogP contribution in [0.2, 0.25) is 0 Å². The van der Waals surface area contributed by atoms with Crippen LogP contribution in [0.1, 0.15) is 40.0 Å². The lowest BCUT2D eigenvalue weighted by molar-refractivity contribution is -0.0842. The van der Waals surface area contributed by atoms with Gasteiger partial charge in [0.15, 0.2) is 0 Å². The van der Waals surface area contributed by atoms with Crippen molar-refractivity contribution in [3.63, 3.8) is 0 Å². The quantitative estimate of drug-likeness (QED) is 0.561. The van der Waals surface area contributed by atoms with Crippen LogP contribution in [-0.2, 0) is 9.47 Å². The van der Waals surface area contributed by atoms with Crippen LogP contribution in [0.3, 0.4) is 0 Å². The Labute approximate surface area is 118 Å². The van der Waals surface area contributed by atoms with Gasteiger partial charge < -0.3 is 9.47 Å². The van der Waals surface area contributed by atoms with Gasteiger partial charge in [0.1, 0.15) is 0 Å². The standard InChI is InChI=1S/C14H23IO2/c1-13(2)9-4-5-14(13,3)12(6-9)17-11-8-16-7-10(11)15/h9-12H,4-8H2,1-3H3. The third-order valence-electron chi connectivity index (χ3n) is 6.02. The molecule has 98 valence electrons. The summed E-state index contributed by atoms with van der Waals surface area (Å²) in [5.74, 6) is 0.868. The second kappa shape index (κ2) is 4.07. The molecule has 5 unspecified atom stereocenters. The molecule has 5 atom stereocenters. The molecule has 1 heterocycles. The molecule has 0 aromatic heterocycles. The fourth-order valence-electron chi connectivity index (χ4n) is 4.18. The number of halogens is 1. The van der Waals surface area contributed by atoms with Crippen molar-refractivity contribution in [3.05, 3.63) is 0 Å². The van der Waals surface area contributed by atoms with Gasteiger partial charge in [0, 0.05) is 0 Å². The Morgan fingerprint density at radius 3 is 2.47 bits per heavy atom. The molecule has 0 amide bonds. The molecule has 2 saturated carbocycles. The summed E-state index contributed by atoms with van der Waals surface area (Å²) in [4.78, 5) is 0. The van der Waals surface area contributed by atoms with Gasteiger partial charge in [-0.3, -0.25) is 0 Å². The molecule has 0 N–H and O–H groups in total. The van der Waals surface area contributed by atoms with E-state index in [9.17, 15) is 0 Å². The normalized spacial score (nSPS) is 52.2. The predicted octanol–water partition coefficient (Wildman–Crippen LogP) is 3.42. The maximum atomic E-state index is 6.42. The molecule has 0 spiro atoms. The van der Waals surface area contributed by atoms with E-state index in [0.29, 0.717) is 27.0 Å². The van der Waals surface area contributed by atoms with Crippen LogP contribution in [0.5, 0.6) is 0 Å². The molecule has 0 radical (unpaired) electrons. The number of rotatable bonds is 2. The summed E-state index contributed by atoms with van der Waals surface area (Å²) in [7, 11) is 0. The smallest absolute Gasteiger partial charge is 0.0952 e. The van der Waals surface area contributed by atoms with E-state index in [0.717, 1.165) is 19.1 Å². The molecule has 0 aromatic rings. The minimum absolute atomic E-state index is 0.326. The lowest BCUT2D eigenvalue weighted by Crippen LogP contribution is -2.40. The van der Waals surface area contributed by atoms with Crippen LogP contribution in [0.15, 0.2) is 0 Å². The van der Waals surface area contributed by atoms with E-state index in [1.807, 2.05) is 0 Å². The summed E-state index contributed by atoms with van der Waals surface area (Å²) in [5.41, 5.74) is 0.842. The second-order valence-corrected chi connectivity index (χ2v) is 8.43. The Bertz CT molecular complexity index is 317. The van der Waals surface area contributed by atoms with E-state index in [-0.39, 0.29) is 0 Å². The summed E-state index contributed by atoms with van der Waals surface area (Å²) in [6.07, 6.45) is 4.80. The van der Waals surface area contributed by atoms with E-state index in [1.54, 1.807) is 0 Å². The van der Waals surface area contributed by atoms with Gasteiger partial charge in [-0.1, -0.05) is 43.4 Å². The lowest BCUT2D eigenvalue weighted by atomic mass is 9.70. The second-order valence-electron chi connectivity index (χ2n) is 6.83. The molecule has 3 heteroatoms. The Balaban J connectivity index is 1.74. The van der Waals surface area contributed by atoms with E-state index < -0.39 is 0 Å². The van der Waals surface area contributed by atoms with Gasteiger partial charge in [-0.15, -0.1) is 0 Å². The van der Waals surface area contributed by atoms with Crippen molar-refractivity contribution in [2.24, 2.45) is 16.7 Å². The Kier molecular flexibility index (Phi) is 3.03. The fourth-order valence-corrected chi connectivity index (χ4v) is 4.81. The predicted molar refractivity (Wildman–Crippen MR) is 76.5 cm³/mol. The van der Waals surface area contributed by atoms with Crippen molar-refractivity contribution < 1.29 is 9.47 Å². The summed E-state index contributed by atoms with van der Waals surface area (Å²) >= 11 is 2.47. The van der Waals surface area contributed by atoms with Crippen molar-refractivity contribution in [1.82, 2.24) is 0 Å². The Morgan fingerprint density at radius 1 is 1.24 bits per heavy atom. The first kappa shape index (κ1) is 12.7. The topological polar surface area (TPSA) is 18.5 Å². The molecule has 0 aromatic carbocycles. The average Bonchev–Trinajstić information content (AvgIpc) is 2.81. The minimum atomic E-state index is 0.326. The molecule has 2 aliphatic carbocycles. The molecular weight excluding hydrogens is 327 g/mol. The molecule has 1 saturated heterocycles. The molecule has 2 bridgehead atoms. The van der Waals surface area contributed by atoms with E-state index in [1.165, 1.54) is 19.3 Å². The lowest BCUT2D eigenvalue weighted by Gasteiger charge is -2.40. The molecular formula is C14H23IO2. The summed E-state index contributed by atoms with van der Waals surface area (Å²) in [6.45, 7) is 9.00. The zero-order valence-corrected chi connectivity index (χ0v) is 13.2. The van der Waals surface area contributed by atoms with Gasteiger partial charge in [0.25, 0.3) is 0 Å². The largest absolute Gasteiger partial charge is 0.378 e. The molecule has 17 heavy (non-hydrogen) atoms. The third-order valence-corrected chi connectivity index (χ3v) is 7.18. The van der Waals surface area contributed by atoms with E-state index in [2.05, 4.69) is 43.4 Å². The van der Waals surface area contributed by atoms with Crippen molar-refractivity contribution in [2.45, 2.75) is 56.2 Å². The van der Waals surface area contributed by atoms with Crippen LogP contribution in [0, 0.1) is 16.7 Å². The van der Waals surface area contributed by atoms with Gasteiger partial charge in [0.05, 0.1) is 29.3 Å². The van der Waals surface area contributed by atoms with Gasteiger partial charge >= 0.3 is 0 Å². The summed E-state index contributed by atoms with van der Waals surface area (Å²) in [5, 5.41) is 0. The molecule has 1 aliphatic heterocycles. The van der Waals surface area contributed by atoms with E-state index in [4.69, 9.17) is 9.47 Å². The van der Waals surface area contributed by atoms with Gasteiger partial charge in [0.2, 0.25) is 0 Å². The molecule has 3 fully saturated rings. The van der Waals surface area contributed by atoms with Gasteiger partial charge in [-0.05, 0) is 36.0 Å². The highest BCUT2D eigenvalue weighted by atomic mass is 127. The highest BCUT2D eigenvalue weighted by Gasteiger charge is 2.62. The zero-order chi connectivity index (χ0) is 12.3. The van der Waals surface area contributed by atoms with Crippen LogP contribution in [0.4, 0.5) is 0 Å². The molecule has 2 nitrogen and oxygen atoms in total. The highest BCUT2D eigenvalue weighted by Crippen LogP contribution is 2.66. The van der Waals surface area contributed by atoms with Crippen molar-refractivity contribution in [1.29, 1.82) is 0 Å². The van der Waals surface area contributed by atoms with Crippen LogP contribution in [0.25, 0.3) is 0 Å². The minimum Gasteiger partial charge on any atom is -0.378 e. The third kappa shape index (κ3) is 1.71. The fraction of sp³-hybridized carbons (Fsp3) is 1.00. The van der Waals surface area contributed by atoms with E-state index >= 15 is 0 Å². The summed E-state index contributed by atoms with van der Waals surface area (Å²) in [6, 6.07) is 0. The number of alkyl halides is 1. The summed E-state index contributed by atoms with van der Waals surface area (Å²) < 4.78 is 12.5. The molecule has 3 rings (SSSR count). The van der Waals surface area contributed by atoms with Crippen LogP contribution < -0.4 is 0 Å². The number of hydrogen-bond donors (Lipinski definition) is 0. The first-order chi connectivity index (χ1) is 7.95. The zero-order valence-electron chi connectivity index (χ0n) is 11.0. The molecule has 3 aliphatic rings. The van der Waals surface area contributed by atoms with Crippen molar-refractivity contribution >= 4 is 22.6 Å². The number of ether oxygens (including phenoxy) is 2. The van der Waals surface area contributed by atoms with Gasteiger partial charge in [-0.25, -0.2) is 0 Å².